The second-order valence-electron chi connectivity index (χ2n) is 6.32. The van der Waals surface area contributed by atoms with Crippen LogP contribution in [0.15, 0.2) is 24.3 Å². The van der Waals surface area contributed by atoms with Crippen LogP contribution < -0.4 is 16.0 Å². The van der Waals surface area contributed by atoms with Crippen molar-refractivity contribution in [2.45, 2.75) is 44.6 Å². The SMILES string of the molecule is Cl.Cl.NC1CCC(C(=O)Nc2ccccc2N2CCCCC2)C1. The Labute approximate surface area is 151 Å². The zero-order valence-corrected chi connectivity index (χ0v) is 15.0. The van der Waals surface area contributed by atoms with E-state index in [-0.39, 0.29) is 42.7 Å². The predicted molar refractivity (Wildman–Crippen MR) is 101 cm³/mol. The number of halogens is 2. The maximum atomic E-state index is 12.4. The Hall–Kier alpha value is -0.970. The van der Waals surface area contributed by atoms with Crippen LogP contribution in [0.4, 0.5) is 11.4 Å². The quantitative estimate of drug-likeness (QED) is 0.866. The van der Waals surface area contributed by atoms with E-state index >= 15 is 0 Å². The van der Waals surface area contributed by atoms with Crippen molar-refractivity contribution in [1.82, 2.24) is 0 Å². The van der Waals surface area contributed by atoms with E-state index in [0.29, 0.717) is 0 Å². The number of anilines is 2. The zero-order chi connectivity index (χ0) is 14.7. The number of piperidine rings is 1. The van der Waals surface area contributed by atoms with Crippen LogP contribution in [0.5, 0.6) is 0 Å². The highest BCUT2D eigenvalue weighted by Gasteiger charge is 2.28. The van der Waals surface area contributed by atoms with Crippen molar-refractivity contribution in [3.63, 3.8) is 0 Å². The summed E-state index contributed by atoms with van der Waals surface area (Å²) in [4.78, 5) is 14.8. The van der Waals surface area contributed by atoms with Crippen LogP contribution >= 0.6 is 24.8 Å². The predicted octanol–water partition coefficient (Wildman–Crippen LogP) is 3.59. The molecule has 1 heterocycles. The van der Waals surface area contributed by atoms with Crippen molar-refractivity contribution in [2.24, 2.45) is 11.7 Å². The van der Waals surface area contributed by atoms with E-state index in [2.05, 4.69) is 16.3 Å². The highest BCUT2D eigenvalue weighted by molar-refractivity contribution is 5.96. The summed E-state index contributed by atoms with van der Waals surface area (Å²) in [6.45, 7) is 2.17. The number of nitrogens with two attached hydrogens (primary N) is 1. The second-order valence-corrected chi connectivity index (χ2v) is 6.32. The Kier molecular flexibility index (Phi) is 8.17. The van der Waals surface area contributed by atoms with Gasteiger partial charge in [0.2, 0.25) is 5.91 Å². The van der Waals surface area contributed by atoms with Crippen molar-refractivity contribution in [1.29, 1.82) is 0 Å². The number of nitrogens with zero attached hydrogens (tertiary/aromatic N) is 1. The number of rotatable bonds is 3. The number of hydrogen-bond donors (Lipinski definition) is 2. The smallest absolute Gasteiger partial charge is 0.227 e. The molecule has 4 nitrogen and oxygen atoms in total. The van der Waals surface area contributed by atoms with Crippen LogP contribution in [-0.4, -0.2) is 25.0 Å². The van der Waals surface area contributed by atoms with E-state index in [1.165, 1.54) is 19.3 Å². The Morgan fingerprint density at radius 2 is 1.78 bits per heavy atom. The minimum atomic E-state index is 0. The van der Waals surface area contributed by atoms with Crippen molar-refractivity contribution in [3.05, 3.63) is 24.3 Å². The topological polar surface area (TPSA) is 58.4 Å². The first kappa shape index (κ1) is 20.1. The summed E-state index contributed by atoms with van der Waals surface area (Å²) in [5.74, 6) is 0.210. The Bertz CT molecular complexity index is 506. The molecule has 1 amide bonds. The van der Waals surface area contributed by atoms with Gasteiger partial charge in [-0.3, -0.25) is 4.79 Å². The third-order valence-corrected chi connectivity index (χ3v) is 4.70. The third-order valence-electron chi connectivity index (χ3n) is 4.70. The molecule has 1 saturated carbocycles. The molecule has 3 rings (SSSR count). The lowest BCUT2D eigenvalue weighted by molar-refractivity contribution is -0.119. The molecule has 1 aromatic rings. The van der Waals surface area contributed by atoms with E-state index in [1.807, 2.05) is 18.2 Å². The highest BCUT2D eigenvalue weighted by atomic mass is 35.5. The Morgan fingerprint density at radius 1 is 1.09 bits per heavy atom. The van der Waals surface area contributed by atoms with Crippen molar-refractivity contribution in [3.8, 4) is 0 Å². The van der Waals surface area contributed by atoms with Gasteiger partial charge in [0.15, 0.2) is 0 Å². The van der Waals surface area contributed by atoms with Crippen molar-refractivity contribution in [2.75, 3.05) is 23.3 Å². The maximum absolute atomic E-state index is 12.4. The van der Waals surface area contributed by atoms with Crippen LogP contribution in [0.25, 0.3) is 0 Å². The van der Waals surface area contributed by atoms with Crippen LogP contribution in [0.1, 0.15) is 38.5 Å². The minimum Gasteiger partial charge on any atom is -0.370 e. The maximum Gasteiger partial charge on any atom is 0.227 e. The third kappa shape index (κ3) is 5.00. The minimum absolute atomic E-state index is 0. The van der Waals surface area contributed by atoms with Gasteiger partial charge in [0.25, 0.3) is 0 Å². The molecule has 2 unspecified atom stereocenters. The lowest BCUT2D eigenvalue weighted by Crippen LogP contribution is -2.31. The lowest BCUT2D eigenvalue weighted by atomic mass is 10.1. The summed E-state index contributed by atoms with van der Waals surface area (Å²) >= 11 is 0. The van der Waals surface area contributed by atoms with E-state index in [0.717, 1.165) is 43.7 Å². The molecule has 1 aliphatic heterocycles. The van der Waals surface area contributed by atoms with Crippen LogP contribution in [0.2, 0.25) is 0 Å². The summed E-state index contributed by atoms with van der Waals surface area (Å²) < 4.78 is 0. The standard InChI is InChI=1S/C17H25N3O.2ClH/c18-14-9-8-13(12-14)17(21)19-15-6-2-3-7-16(15)20-10-4-1-5-11-20;;/h2-3,6-7,13-14H,1,4-5,8-12,18H2,(H,19,21);2*1H. The molecular weight excluding hydrogens is 333 g/mol. The highest BCUT2D eigenvalue weighted by Crippen LogP contribution is 2.30. The van der Waals surface area contributed by atoms with Crippen molar-refractivity contribution < 1.29 is 4.79 Å². The molecule has 3 N–H and O–H groups in total. The molecule has 2 fully saturated rings. The Morgan fingerprint density at radius 3 is 2.43 bits per heavy atom. The number of carbonyl (C=O) groups excluding carboxylic acids is 1. The average molecular weight is 360 g/mol. The summed E-state index contributed by atoms with van der Waals surface area (Å²) in [7, 11) is 0. The first-order valence-electron chi connectivity index (χ1n) is 8.14. The summed E-state index contributed by atoms with van der Waals surface area (Å²) in [5.41, 5.74) is 8.02. The van der Waals surface area contributed by atoms with Crippen LogP contribution in [0.3, 0.4) is 0 Å². The van der Waals surface area contributed by atoms with Gasteiger partial charge in [0, 0.05) is 25.0 Å². The molecular formula is C17H27Cl2N3O. The largest absolute Gasteiger partial charge is 0.370 e. The molecule has 0 aromatic heterocycles. The molecule has 0 radical (unpaired) electrons. The van der Waals surface area contributed by atoms with Gasteiger partial charge in [-0.2, -0.15) is 0 Å². The Balaban J connectivity index is 0.00000132. The van der Waals surface area contributed by atoms with Crippen LogP contribution in [0, 0.1) is 5.92 Å². The van der Waals surface area contributed by atoms with Crippen LogP contribution in [-0.2, 0) is 4.79 Å². The number of benzene rings is 1. The normalized spacial score (nSPS) is 23.6. The molecule has 1 saturated heterocycles. The number of amides is 1. The number of nitrogens with one attached hydrogen (secondary N) is 1. The fourth-order valence-electron chi connectivity index (χ4n) is 3.48. The number of para-hydroxylation sites is 2. The monoisotopic (exact) mass is 359 g/mol. The van der Waals surface area contributed by atoms with Gasteiger partial charge in [-0.1, -0.05) is 12.1 Å². The van der Waals surface area contributed by atoms with Gasteiger partial charge >= 0.3 is 0 Å². The molecule has 2 aliphatic rings. The number of hydrogen-bond acceptors (Lipinski definition) is 3. The van der Waals surface area contributed by atoms with E-state index in [1.54, 1.807) is 0 Å². The average Bonchev–Trinajstić information content (AvgIpc) is 2.95. The fraction of sp³-hybridized carbons (Fsp3) is 0.588. The van der Waals surface area contributed by atoms with E-state index in [9.17, 15) is 4.79 Å². The molecule has 0 spiro atoms. The van der Waals surface area contributed by atoms with Gasteiger partial charge < -0.3 is 16.0 Å². The van der Waals surface area contributed by atoms with E-state index in [4.69, 9.17) is 5.73 Å². The van der Waals surface area contributed by atoms with E-state index < -0.39 is 0 Å². The molecule has 23 heavy (non-hydrogen) atoms. The molecule has 1 aliphatic carbocycles. The zero-order valence-electron chi connectivity index (χ0n) is 13.4. The molecule has 6 heteroatoms. The molecule has 130 valence electrons. The van der Waals surface area contributed by atoms with Gasteiger partial charge in [-0.15, -0.1) is 24.8 Å². The summed E-state index contributed by atoms with van der Waals surface area (Å²) in [5, 5.41) is 3.13. The van der Waals surface area contributed by atoms with Gasteiger partial charge in [0.1, 0.15) is 0 Å². The van der Waals surface area contributed by atoms with Gasteiger partial charge in [0.05, 0.1) is 11.4 Å². The molecule has 2 atom stereocenters. The molecule has 0 bridgehead atoms. The fourth-order valence-corrected chi connectivity index (χ4v) is 3.48. The van der Waals surface area contributed by atoms with Gasteiger partial charge in [-0.05, 0) is 50.7 Å². The van der Waals surface area contributed by atoms with Gasteiger partial charge in [-0.25, -0.2) is 0 Å². The first-order valence-corrected chi connectivity index (χ1v) is 8.14. The lowest BCUT2D eigenvalue weighted by Gasteiger charge is -2.30. The van der Waals surface area contributed by atoms with Crippen molar-refractivity contribution >= 4 is 42.1 Å². The first-order chi connectivity index (χ1) is 10.2. The summed E-state index contributed by atoms with van der Waals surface area (Å²) in [6.07, 6.45) is 6.48. The summed E-state index contributed by atoms with van der Waals surface area (Å²) in [6, 6.07) is 8.35. The molecule has 1 aromatic carbocycles. The second kappa shape index (κ2) is 9.36. The number of carbonyl (C=O) groups is 1.